The first-order valence-corrected chi connectivity index (χ1v) is 21.8. The zero-order valence-electron chi connectivity index (χ0n) is 34.2. The van der Waals surface area contributed by atoms with Crippen molar-refractivity contribution < 1.29 is 9.15 Å². The molecule has 5 nitrogen and oxygen atoms in total. The van der Waals surface area contributed by atoms with E-state index in [1.165, 1.54) is 54.6 Å². The highest BCUT2D eigenvalue weighted by Gasteiger charge is 2.51. The van der Waals surface area contributed by atoms with Crippen LogP contribution in [0.5, 0.6) is 11.5 Å². The minimum atomic E-state index is -0.623. The summed E-state index contributed by atoms with van der Waals surface area (Å²) in [4.78, 5) is 11.1. The Morgan fingerprint density at radius 3 is 1.70 bits per heavy atom. The molecular weight excluding hydrogens is 783 g/mol. The molecule has 0 bridgehead atoms. The van der Waals surface area contributed by atoms with Gasteiger partial charge in [0, 0.05) is 32.8 Å². The molecule has 15 rings (SSSR count). The van der Waals surface area contributed by atoms with Crippen molar-refractivity contribution in [2.75, 3.05) is 0 Å². The van der Waals surface area contributed by atoms with Crippen molar-refractivity contribution >= 4 is 76.2 Å². The lowest BCUT2D eigenvalue weighted by Gasteiger charge is -2.39. The number of nitrogens with zero attached hydrogens (tertiary/aromatic N) is 3. The summed E-state index contributed by atoms with van der Waals surface area (Å²) >= 11 is 0. The van der Waals surface area contributed by atoms with Gasteiger partial charge in [-0.1, -0.05) is 158 Å². The first-order chi connectivity index (χ1) is 31.7. The molecule has 10 aromatic carbocycles. The van der Waals surface area contributed by atoms with Crippen molar-refractivity contribution in [3.05, 3.63) is 222 Å². The number of hydrogen-bond acceptors (Lipinski definition) is 4. The van der Waals surface area contributed by atoms with Crippen LogP contribution >= 0.6 is 0 Å². The molecule has 13 aromatic rings. The summed E-state index contributed by atoms with van der Waals surface area (Å²) in [5, 5.41) is 10.4. The lowest BCUT2D eigenvalue weighted by Crippen LogP contribution is -2.32. The van der Waals surface area contributed by atoms with Gasteiger partial charge in [0.25, 0.3) is 0 Å². The smallest absolute Gasteiger partial charge is 0.236 e. The van der Waals surface area contributed by atoms with Crippen molar-refractivity contribution in [1.82, 2.24) is 14.5 Å². The molecule has 64 heavy (non-hydrogen) atoms. The van der Waals surface area contributed by atoms with E-state index in [2.05, 4.69) is 187 Å². The minimum Gasteiger partial charge on any atom is -0.457 e. The van der Waals surface area contributed by atoms with E-state index in [9.17, 15) is 0 Å². The van der Waals surface area contributed by atoms with Gasteiger partial charge in [0.1, 0.15) is 28.3 Å². The van der Waals surface area contributed by atoms with E-state index in [0.717, 1.165) is 72.2 Å². The lowest BCUT2D eigenvalue weighted by molar-refractivity contribution is 0.437. The number of aromatic nitrogens is 3. The summed E-state index contributed by atoms with van der Waals surface area (Å²) < 4.78 is 16.0. The number of para-hydroxylation sites is 3. The number of fused-ring (bicyclic) bond motifs is 21. The maximum Gasteiger partial charge on any atom is 0.236 e. The minimum absolute atomic E-state index is 0.571. The average Bonchev–Trinajstić information content (AvgIpc) is 4.00. The molecule has 0 radical (unpaired) electrons. The molecule has 1 aliphatic heterocycles. The molecule has 3 aromatic heterocycles. The van der Waals surface area contributed by atoms with Gasteiger partial charge >= 0.3 is 0 Å². The molecule has 1 aliphatic carbocycles. The van der Waals surface area contributed by atoms with E-state index in [1.54, 1.807) is 0 Å². The van der Waals surface area contributed by atoms with Gasteiger partial charge < -0.3 is 9.15 Å². The van der Waals surface area contributed by atoms with E-state index in [-0.39, 0.29) is 0 Å². The zero-order chi connectivity index (χ0) is 41.7. The van der Waals surface area contributed by atoms with Crippen LogP contribution in [-0.2, 0) is 5.41 Å². The summed E-state index contributed by atoms with van der Waals surface area (Å²) in [6.07, 6.45) is 0. The van der Waals surface area contributed by atoms with Crippen molar-refractivity contribution in [1.29, 1.82) is 0 Å². The molecule has 5 heteroatoms. The summed E-state index contributed by atoms with van der Waals surface area (Å²) in [6.45, 7) is 0. The maximum absolute atomic E-state index is 6.98. The number of hydrogen-bond donors (Lipinski definition) is 0. The highest BCUT2D eigenvalue weighted by atomic mass is 16.5. The Hall–Kier alpha value is -8.54. The van der Waals surface area contributed by atoms with Crippen LogP contribution in [0.3, 0.4) is 0 Å². The van der Waals surface area contributed by atoms with Gasteiger partial charge in [-0.15, -0.1) is 0 Å². The number of ether oxygens (including phenoxy) is 1. The fourth-order valence-electron chi connectivity index (χ4n) is 11.5. The molecule has 0 atom stereocenters. The Labute approximate surface area is 366 Å². The Balaban J connectivity index is 1.06. The molecule has 0 unspecified atom stereocenters. The SMILES string of the molecule is c1ccc2c(c1)Oc1cc3c4ccccc4n(-c4nc(-c5ccc6c7ccccc7c7ccccc7c6c5)c5oc6ccccc6c5n4)c3cc1C21c2ccccc2-c2ccccc21. The molecule has 0 amide bonds. The molecule has 0 saturated heterocycles. The van der Waals surface area contributed by atoms with Crippen LogP contribution in [0.1, 0.15) is 22.3 Å². The summed E-state index contributed by atoms with van der Waals surface area (Å²) in [6, 6.07) is 71.7. The number of benzene rings is 10. The van der Waals surface area contributed by atoms with E-state index >= 15 is 0 Å². The van der Waals surface area contributed by atoms with Gasteiger partial charge in [0.05, 0.1) is 16.4 Å². The third-order valence-corrected chi connectivity index (χ3v) is 14.1. The normalized spacial score (nSPS) is 13.6. The molecule has 1 spiro atoms. The second-order valence-electron chi connectivity index (χ2n) is 17.2. The zero-order valence-corrected chi connectivity index (χ0v) is 34.2. The predicted molar refractivity (Wildman–Crippen MR) is 259 cm³/mol. The van der Waals surface area contributed by atoms with Gasteiger partial charge in [-0.3, -0.25) is 4.57 Å². The summed E-state index contributed by atoms with van der Waals surface area (Å²) in [5.41, 5.74) is 12.5. The van der Waals surface area contributed by atoms with E-state index in [1.807, 2.05) is 18.2 Å². The Morgan fingerprint density at radius 2 is 0.969 bits per heavy atom. The standard InChI is InChI=1S/C59H33N3O2/c1-2-17-37-35(15-1)36-16-3-4-18-38(36)44-31-34(29-30-39(37)44)55-57-56(43-22-8-13-27-52(43)64-57)61-58(60-55)62-50-26-12-7-21-42(50)45-32-54-49(33-51(45)62)59(48-25-11-14-28-53(48)63-54)46-23-9-5-19-40(46)41-20-6-10-24-47(41)59/h1-33H. The average molecular weight is 816 g/mol. The highest BCUT2D eigenvalue weighted by Crippen LogP contribution is 2.62. The quantitative estimate of drug-likeness (QED) is 0.163. The van der Waals surface area contributed by atoms with Crippen molar-refractivity contribution in [3.8, 4) is 39.8 Å². The van der Waals surface area contributed by atoms with Crippen LogP contribution in [0, 0.1) is 0 Å². The van der Waals surface area contributed by atoms with Crippen LogP contribution in [0.4, 0.5) is 0 Å². The second-order valence-corrected chi connectivity index (χ2v) is 17.2. The lowest BCUT2D eigenvalue weighted by atomic mass is 9.66. The fraction of sp³-hybridized carbons (Fsp3) is 0.0169. The molecule has 4 heterocycles. The van der Waals surface area contributed by atoms with E-state index in [0.29, 0.717) is 11.5 Å². The molecule has 0 fully saturated rings. The van der Waals surface area contributed by atoms with Gasteiger partial charge in [0.2, 0.25) is 5.95 Å². The fourth-order valence-corrected chi connectivity index (χ4v) is 11.5. The van der Waals surface area contributed by atoms with E-state index in [4.69, 9.17) is 19.1 Å². The third-order valence-electron chi connectivity index (χ3n) is 14.1. The maximum atomic E-state index is 6.98. The van der Waals surface area contributed by atoms with Crippen molar-refractivity contribution in [3.63, 3.8) is 0 Å². The van der Waals surface area contributed by atoms with Gasteiger partial charge in [-0.2, -0.15) is 0 Å². The van der Waals surface area contributed by atoms with Gasteiger partial charge in [0.15, 0.2) is 5.58 Å². The predicted octanol–water partition coefficient (Wildman–Crippen LogP) is 15.1. The number of furan rings is 1. The van der Waals surface area contributed by atoms with Crippen molar-refractivity contribution in [2.45, 2.75) is 5.41 Å². The highest BCUT2D eigenvalue weighted by molar-refractivity contribution is 6.26. The van der Waals surface area contributed by atoms with Crippen molar-refractivity contribution in [2.24, 2.45) is 0 Å². The summed E-state index contributed by atoms with van der Waals surface area (Å²) in [7, 11) is 0. The van der Waals surface area contributed by atoms with Crippen LogP contribution in [0.2, 0.25) is 0 Å². The van der Waals surface area contributed by atoms with Crippen LogP contribution in [0.15, 0.2) is 205 Å². The first kappa shape index (κ1) is 34.1. The molecule has 296 valence electrons. The van der Waals surface area contributed by atoms with Gasteiger partial charge in [-0.25, -0.2) is 9.97 Å². The Morgan fingerprint density at radius 1 is 0.391 bits per heavy atom. The molecule has 2 aliphatic rings. The monoisotopic (exact) mass is 815 g/mol. The Kier molecular flexibility index (Phi) is 6.56. The Bertz CT molecular complexity index is 4110. The topological polar surface area (TPSA) is 53.1 Å². The van der Waals surface area contributed by atoms with Crippen LogP contribution in [-0.4, -0.2) is 14.5 Å². The first-order valence-electron chi connectivity index (χ1n) is 21.8. The summed E-state index contributed by atoms with van der Waals surface area (Å²) in [5.74, 6) is 2.28. The van der Waals surface area contributed by atoms with E-state index < -0.39 is 5.41 Å². The molecule has 0 saturated carbocycles. The van der Waals surface area contributed by atoms with Gasteiger partial charge in [-0.05, 0) is 97.0 Å². The van der Waals surface area contributed by atoms with Crippen LogP contribution < -0.4 is 4.74 Å². The third kappa shape index (κ3) is 4.28. The van der Waals surface area contributed by atoms with Crippen LogP contribution in [0.25, 0.3) is 105 Å². The largest absolute Gasteiger partial charge is 0.457 e. The second kappa shape index (κ2) is 12.3. The molecule has 0 N–H and O–H groups in total. The molecular formula is C59H33N3O2. The number of rotatable bonds is 2.